The van der Waals surface area contributed by atoms with Crippen molar-refractivity contribution in [3.63, 3.8) is 0 Å². The average Bonchev–Trinajstić information content (AvgIpc) is 3.10. The van der Waals surface area contributed by atoms with Crippen LogP contribution in [0.4, 0.5) is 11.4 Å². The van der Waals surface area contributed by atoms with Crippen LogP contribution in [0.5, 0.6) is 5.75 Å². The molecule has 2 aromatic rings. The average molecular weight is 367 g/mol. The molecule has 1 N–H and O–H groups in total. The second-order valence-electron chi connectivity index (χ2n) is 6.63. The van der Waals surface area contributed by atoms with Gasteiger partial charge in [-0.25, -0.2) is 0 Å². The largest absolute Gasteiger partial charge is 0.495 e. The molecule has 142 valence electrons. The molecule has 6 heteroatoms. The van der Waals surface area contributed by atoms with Gasteiger partial charge in [0.1, 0.15) is 5.75 Å². The Balaban J connectivity index is 1.53. The number of hydrogen-bond donors (Lipinski definition) is 1. The standard InChI is InChI=1S/C21H25N3O3/c1-23(17-8-4-3-5-9-17)13-12-22-21(26)16-14-20(25)24(15-16)18-10-6-7-11-19(18)27-2/h3-11,16H,12-15H2,1-2H3,(H,22,26). The molecule has 1 saturated heterocycles. The third kappa shape index (κ3) is 4.39. The highest BCUT2D eigenvalue weighted by Gasteiger charge is 2.36. The minimum atomic E-state index is -0.343. The summed E-state index contributed by atoms with van der Waals surface area (Å²) in [5.74, 6) is 0.157. The number of carbonyl (C=O) groups excluding carboxylic acids is 2. The number of methoxy groups -OCH3 is 1. The van der Waals surface area contributed by atoms with Crippen LogP contribution >= 0.6 is 0 Å². The lowest BCUT2D eigenvalue weighted by Crippen LogP contribution is -2.37. The van der Waals surface area contributed by atoms with Crippen LogP contribution in [0.3, 0.4) is 0 Å². The lowest BCUT2D eigenvalue weighted by atomic mass is 10.1. The van der Waals surface area contributed by atoms with Crippen molar-refractivity contribution in [3.8, 4) is 5.75 Å². The van der Waals surface area contributed by atoms with E-state index >= 15 is 0 Å². The van der Waals surface area contributed by atoms with Gasteiger partial charge in [-0.15, -0.1) is 0 Å². The third-order valence-corrected chi connectivity index (χ3v) is 4.82. The molecule has 1 fully saturated rings. The van der Waals surface area contributed by atoms with Gasteiger partial charge >= 0.3 is 0 Å². The van der Waals surface area contributed by atoms with Gasteiger partial charge in [0.05, 0.1) is 18.7 Å². The number of benzene rings is 2. The van der Waals surface area contributed by atoms with Gasteiger partial charge in [-0.3, -0.25) is 9.59 Å². The third-order valence-electron chi connectivity index (χ3n) is 4.82. The van der Waals surface area contributed by atoms with E-state index in [1.54, 1.807) is 12.0 Å². The van der Waals surface area contributed by atoms with Crippen LogP contribution in [-0.2, 0) is 9.59 Å². The maximum Gasteiger partial charge on any atom is 0.227 e. The van der Waals surface area contributed by atoms with E-state index in [-0.39, 0.29) is 24.2 Å². The Kier molecular flexibility index (Phi) is 5.96. The SMILES string of the molecule is COc1ccccc1N1CC(C(=O)NCCN(C)c2ccccc2)CC1=O. The molecular formula is C21H25N3O3. The number of likely N-dealkylation sites (N-methyl/N-ethyl adjacent to an activating group) is 1. The Hall–Kier alpha value is -3.02. The van der Waals surface area contributed by atoms with Crippen LogP contribution in [-0.4, -0.2) is 45.6 Å². The topological polar surface area (TPSA) is 61.9 Å². The molecule has 0 bridgehead atoms. The Morgan fingerprint density at radius 3 is 2.63 bits per heavy atom. The first-order valence-corrected chi connectivity index (χ1v) is 9.07. The first kappa shape index (κ1) is 18.8. The van der Waals surface area contributed by atoms with E-state index < -0.39 is 0 Å². The fraction of sp³-hybridized carbons (Fsp3) is 0.333. The molecule has 6 nitrogen and oxygen atoms in total. The molecule has 1 heterocycles. The quantitative estimate of drug-likeness (QED) is 0.816. The molecule has 2 amide bonds. The lowest BCUT2D eigenvalue weighted by Gasteiger charge is -2.21. The molecule has 1 unspecified atom stereocenters. The first-order chi connectivity index (χ1) is 13.1. The van der Waals surface area contributed by atoms with Crippen molar-refractivity contribution < 1.29 is 14.3 Å². The highest BCUT2D eigenvalue weighted by Crippen LogP contribution is 2.32. The molecule has 1 aliphatic heterocycles. The second kappa shape index (κ2) is 8.58. The number of hydrogen-bond acceptors (Lipinski definition) is 4. The van der Waals surface area contributed by atoms with Gasteiger partial charge in [-0.1, -0.05) is 30.3 Å². The number of para-hydroxylation sites is 3. The van der Waals surface area contributed by atoms with Crippen LogP contribution < -0.4 is 19.9 Å². The lowest BCUT2D eigenvalue weighted by molar-refractivity contribution is -0.126. The van der Waals surface area contributed by atoms with Crippen LogP contribution in [0.2, 0.25) is 0 Å². The number of ether oxygens (including phenoxy) is 1. The zero-order chi connectivity index (χ0) is 19.2. The molecule has 0 aliphatic carbocycles. The molecule has 1 atom stereocenters. The van der Waals surface area contributed by atoms with Crippen LogP contribution in [0, 0.1) is 5.92 Å². The van der Waals surface area contributed by atoms with Gasteiger partial charge in [0, 0.05) is 38.8 Å². The summed E-state index contributed by atoms with van der Waals surface area (Å²) in [7, 11) is 3.57. The molecule has 3 rings (SSSR count). The highest BCUT2D eigenvalue weighted by atomic mass is 16.5. The molecule has 0 aromatic heterocycles. The summed E-state index contributed by atoms with van der Waals surface area (Å²) in [6.45, 7) is 1.61. The molecular weight excluding hydrogens is 342 g/mol. The fourth-order valence-electron chi connectivity index (χ4n) is 3.27. The second-order valence-corrected chi connectivity index (χ2v) is 6.63. The Bertz CT molecular complexity index is 794. The van der Waals surface area contributed by atoms with Gasteiger partial charge in [0.25, 0.3) is 0 Å². The fourth-order valence-corrected chi connectivity index (χ4v) is 3.27. The number of nitrogens with one attached hydrogen (secondary N) is 1. The van der Waals surface area contributed by atoms with Crippen LogP contribution in [0.1, 0.15) is 6.42 Å². The highest BCUT2D eigenvalue weighted by molar-refractivity contribution is 6.01. The van der Waals surface area contributed by atoms with Gasteiger partial charge in [-0.2, -0.15) is 0 Å². The number of carbonyl (C=O) groups is 2. The maximum absolute atomic E-state index is 12.5. The summed E-state index contributed by atoms with van der Waals surface area (Å²) in [6.07, 6.45) is 0.221. The minimum absolute atomic E-state index is 0.0546. The normalized spacial score (nSPS) is 16.3. The molecule has 0 saturated carbocycles. The predicted octanol–water partition coefficient (Wildman–Crippen LogP) is 2.30. The van der Waals surface area contributed by atoms with Crippen molar-refractivity contribution in [1.82, 2.24) is 5.32 Å². The van der Waals surface area contributed by atoms with Crippen molar-refractivity contribution in [3.05, 3.63) is 54.6 Å². The van der Waals surface area contributed by atoms with Gasteiger partial charge in [0.2, 0.25) is 11.8 Å². The van der Waals surface area contributed by atoms with Crippen molar-refractivity contribution in [2.24, 2.45) is 5.92 Å². The molecule has 2 aromatic carbocycles. The van der Waals surface area contributed by atoms with Crippen LogP contribution in [0.25, 0.3) is 0 Å². The van der Waals surface area contributed by atoms with Crippen LogP contribution in [0.15, 0.2) is 54.6 Å². The summed E-state index contributed by atoms with van der Waals surface area (Å²) in [4.78, 5) is 28.6. The predicted molar refractivity (Wildman–Crippen MR) is 106 cm³/mol. The molecule has 1 aliphatic rings. The Labute approximate surface area is 159 Å². The number of anilines is 2. The molecule has 0 radical (unpaired) electrons. The van der Waals surface area contributed by atoms with Crippen molar-refractivity contribution in [2.75, 3.05) is 43.6 Å². The van der Waals surface area contributed by atoms with Gasteiger partial charge < -0.3 is 19.9 Å². The Morgan fingerprint density at radius 1 is 1.19 bits per heavy atom. The van der Waals surface area contributed by atoms with Crippen molar-refractivity contribution in [1.29, 1.82) is 0 Å². The van der Waals surface area contributed by atoms with E-state index in [0.717, 1.165) is 5.69 Å². The summed E-state index contributed by atoms with van der Waals surface area (Å²) >= 11 is 0. The minimum Gasteiger partial charge on any atom is -0.495 e. The van der Waals surface area contributed by atoms with E-state index in [2.05, 4.69) is 10.2 Å². The maximum atomic E-state index is 12.5. The van der Waals surface area contributed by atoms with E-state index in [1.165, 1.54) is 0 Å². The van der Waals surface area contributed by atoms with Gasteiger partial charge in [-0.05, 0) is 24.3 Å². The van der Waals surface area contributed by atoms with E-state index in [4.69, 9.17) is 4.74 Å². The van der Waals surface area contributed by atoms with E-state index in [0.29, 0.717) is 31.1 Å². The first-order valence-electron chi connectivity index (χ1n) is 9.07. The smallest absolute Gasteiger partial charge is 0.227 e. The summed E-state index contributed by atoms with van der Waals surface area (Å²) in [6, 6.07) is 17.4. The molecule has 27 heavy (non-hydrogen) atoms. The number of amides is 2. The molecule has 0 spiro atoms. The summed E-state index contributed by atoms with van der Waals surface area (Å²) in [5.41, 5.74) is 1.81. The zero-order valence-corrected chi connectivity index (χ0v) is 15.7. The van der Waals surface area contributed by atoms with Crippen molar-refractivity contribution >= 4 is 23.2 Å². The van der Waals surface area contributed by atoms with E-state index in [1.807, 2.05) is 61.6 Å². The number of rotatable bonds is 7. The van der Waals surface area contributed by atoms with Crippen molar-refractivity contribution in [2.45, 2.75) is 6.42 Å². The monoisotopic (exact) mass is 367 g/mol. The Morgan fingerprint density at radius 2 is 1.89 bits per heavy atom. The summed E-state index contributed by atoms with van der Waals surface area (Å²) in [5, 5.41) is 2.96. The zero-order valence-electron chi connectivity index (χ0n) is 15.7. The van der Waals surface area contributed by atoms with Gasteiger partial charge in [0.15, 0.2) is 0 Å². The summed E-state index contributed by atoms with van der Waals surface area (Å²) < 4.78 is 5.34. The number of nitrogens with zero attached hydrogens (tertiary/aromatic N) is 2. The van der Waals surface area contributed by atoms with E-state index in [9.17, 15) is 9.59 Å².